The van der Waals surface area contributed by atoms with Crippen LogP contribution in [0, 0.1) is 10.1 Å². The quantitative estimate of drug-likeness (QED) is 0.552. The number of nitrogens with one attached hydrogen (secondary N) is 1. The molecule has 1 aromatic heterocycles. The van der Waals surface area contributed by atoms with Gasteiger partial charge in [0.05, 0.1) is 4.92 Å². The van der Waals surface area contributed by atoms with Gasteiger partial charge >= 0.3 is 5.69 Å². The van der Waals surface area contributed by atoms with Gasteiger partial charge in [-0.2, -0.15) is 0 Å². The van der Waals surface area contributed by atoms with Crippen LogP contribution in [0.4, 0.5) is 11.6 Å². The zero-order valence-corrected chi connectivity index (χ0v) is 12.4. The van der Waals surface area contributed by atoms with Crippen molar-refractivity contribution in [3.63, 3.8) is 0 Å². The maximum absolute atomic E-state index is 10.5. The summed E-state index contributed by atoms with van der Waals surface area (Å²) < 4.78 is 0. The van der Waals surface area contributed by atoms with Crippen molar-refractivity contribution in [2.24, 2.45) is 0 Å². The van der Waals surface area contributed by atoms with E-state index in [9.17, 15) is 10.1 Å². The van der Waals surface area contributed by atoms with Crippen molar-refractivity contribution in [2.75, 3.05) is 25.0 Å². The van der Waals surface area contributed by atoms with E-state index in [-0.39, 0.29) is 11.7 Å². The standard InChI is InChI=1S/C13H23N5O2/c1-4-17(5-2)8-6-7-11(3)16-13-14-9-12(10-15-13)18(19)20/h9-11H,4-8H2,1-3H3,(H,14,15,16). The molecule has 1 N–H and O–H groups in total. The van der Waals surface area contributed by atoms with Crippen LogP contribution in [0.5, 0.6) is 0 Å². The third-order valence-electron chi connectivity index (χ3n) is 3.23. The summed E-state index contributed by atoms with van der Waals surface area (Å²) in [5, 5.41) is 13.7. The molecule has 0 aliphatic carbocycles. The highest BCUT2D eigenvalue weighted by Crippen LogP contribution is 2.10. The van der Waals surface area contributed by atoms with Crippen molar-refractivity contribution < 1.29 is 4.92 Å². The Balaban J connectivity index is 2.34. The van der Waals surface area contributed by atoms with E-state index in [2.05, 4.69) is 41.0 Å². The van der Waals surface area contributed by atoms with Crippen molar-refractivity contribution in [1.29, 1.82) is 0 Å². The van der Waals surface area contributed by atoms with E-state index in [1.165, 1.54) is 12.4 Å². The monoisotopic (exact) mass is 281 g/mol. The SMILES string of the molecule is CCN(CC)CCCC(C)Nc1ncc([N+](=O)[O-])cn1. The third-order valence-corrected chi connectivity index (χ3v) is 3.23. The Kier molecular flexibility index (Phi) is 6.86. The molecule has 0 amide bonds. The molecule has 1 aromatic rings. The van der Waals surface area contributed by atoms with Crippen LogP contribution in [0.15, 0.2) is 12.4 Å². The van der Waals surface area contributed by atoms with Gasteiger partial charge in [-0.1, -0.05) is 13.8 Å². The lowest BCUT2D eigenvalue weighted by atomic mass is 10.2. The van der Waals surface area contributed by atoms with Crippen LogP contribution < -0.4 is 5.32 Å². The molecule has 0 saturated carbocycles. The number of aromatic nitrogens is 2. The minimum absolute atomic E-state index is 0.0928. The highest BCUT2D eigenvalue weighted by atomic mass is 16.6. The first kappa shape index (κ1) is 16.3. The zero-order chi connectivity index (χ0) is 15.0. The van der Waals surface area contributed by atoms with Gasteiger partial charge in [-0.3, -0.25) is 10.1 Å². The van der Waals surface area contributed by atoms with Gasteiger partial charge in [0.15, 0.2) is 0 Å². The van der Waals surface area contributed by atoms with Crippen LogP contribution in [0.2, 0.25) is 0 Å². The van der Waals surface area contributed by atoms with Gasteiger partial charge < -0.3 is 10.2 Å². The molecule has 0 aliphatic rings. The largest absolute Gasteiger partial charge is 0.352 e. The number of nitro groups is 1. The molecule has 7 heteroatoms. The first-order valence-corrected chi connectivity index (χ1v) is 7.02. The minimum atomic E-state index is -0.503. The molecule has 0 radical (unpaired) electrons. The maximum atomic E-state index is 10.5. The van der Waals surface area contributed by atoms with E-state index in [4.69, 9.17) is 0 Å². The molecule has 0 saturated heterocycles. The molecular weight excluding hydrogens is 258 g/mol. The second-order valence-corrected chi connectivity index (χ2v) is 4.74. The van der Waals surface area contributed by atoms with E-state index in [1.54, 1.807) is 0 Å². The fraction of sp³-hybridized carbons (Fsp3) is 0.692. The van der Waals surface area contributed by atoms with Crippen molar-refractivity contribution in [1.82, 2.24) is 14.9 Å². The molecule has 112 valence electrons. The summed E-state index contributed by atoms with van der Waals surface area (Å²) >= 11 is 0. The van der Waals surface area contributed by atoms with Crippen LogP contribution in [0.25, 0.3) is 0 Å². The Hall–Kier alpha value is -1.76. The molecule has 0 bridgehead atoms. The highest BCUT2D eigenvalue weighted by Gasteiger charge is 2.09. The molecule has 0 fully saturated rings. The second-order valence-electron chi connectivity index (χ2n) is 4.74. The molecular formula is C13H23N5O2. The molecule has 0 spiro atoms. The molecule has 1 heterocycles. The van der Waals surface area contributed by atoms with Crippen molar-refractivity contribution in [3.8, 4) is 0 Å². The number of hydrogen-bond donors (Lipinski definition) is 1. The molecule has 1 rings (SSSR count). The van der Waals surface area contributed by atoms with E-state index in [0.29, 0.717) is 5.95 Å². The lowest BCUT2D eigenvalue weighted by Crippen LogP contribution is -2.25. The fourth-order valence-electron chi connectivity index (χ4n) is 1.94. The smallest absolute Gasteiger partial charge is 0.305 e. The number of rotatable bonds is 9. The number of anilines is 1. The van der Waals surface area contributed by atoms with Gasteiger partial charge in [-0.15, -0.1) is 0 Å². The van der Waals surface area contributed by atoms with E-state index < -0.39 is 4.92 Å². The lowest BCUT2D eigenvalue weighted by Gasteiger charge is -2.19. The zero-order valence-electron chi connectivity index (χ0n) is 12.4. The Morgan fingerprint density at radius 1 is 1.35 bits per heavy atom. The summed E-state index contributed by atoms with van der Waals surface area (Å²) in [5.41, 5.74) is -0.0928. The third kappa shape index (κ3) is 5.48. The van der Waals surface area contributed by atoms with Crippen molar-refractivity contribution in [2.45, 2.75) is 39.7 Å². The van der Waals surface area contributed by atoms with Crippen LogP contribution >= 0.6 is 0 Å². The molecule has 7 nitrogen and oxygen atoms in total. The van der Waals surface area contributed by atoms with Crippen molar-refractivity contribution >= 4 is 11.6 Å². The average Bonchev–Trinajstić information content (AvgIpc) is 2.44. The summed E-state index contributed by atoms with van der Waals surface area (Å²) in [5.74, 6) is 0.436. The molecule has 0 aliphatic heterocycles. The van der Waals surface area contributed by atoms with Crippen molar-refractivity contribution in [3.05, 3.63) is 22.5 Å². The Labute approximate surface area is 119 Å². The number of nitrogens with zero attached hydrogens (tertiary/aromatic N) is 4. The Bertz CT molecular complexity index is 406. The predicted octanol–water partition coefficient (Wildman–Crippen LogP) is 2.31. The molecule has 20 heavy (non-hydrogen) atoms. The summed E-state index contributed by atoms with van der Waals surface area (Å²) in [6.07, 6.45) is 4.55. The lowest BCUT2D eigenvalue weighted by molar-refractivity contribution is -0.385. The second kappa shape index (κ2) is 8.42. The van der Waals surface area contributed by atoms with Gasteiger partial charge in [-0.25, -0.2) is 9.97 Å². The first-order valence-electron chi connectivity index (χ1n) is 7.02. The first-order chi connectivity index (χ1) is 9.56. The van der Waals surface area contributed by atoms with Gasteiger partial charge in [-0.05, 0) is 39.4 Å². The van der Waals surface area contributed by atoms with Gasteiger partial charge in [0, 0.05) is 6.04 Å². The van der Waals surface area contributed by atoms with Gasteiger partial charge in [0.1, 0.15) is 12.4 Å². The van der Waals surface area contributed by atoms with Gasteiger partial charge in [0.2, 0.25) is 5.95 Å². The predicted molar refractivity (Wildman–Crippen MR) is 78.8 cm³/mol. The van der Waals surface area contributed by atoms with E-state index in [0.717, 1.165) is 32.5 Å². The fourth-order valence-corrected chi connectivity index (χ4v) is 1.94. The summed E-state index contributed by atoms with van der Waals surface area (Å²) in [6.45, 7) is 9.62. The van der Waals surface area contributed by atoms with Crippen LogP contribution in [0.1, 0.15) is 33.6 Å². The average molecular weight is 281 g/mol. The molecule has 1 atom stereocenters. The highest BCUT2D eigenvalue weighted by molar-refractivity contribution is 5.31. The Morgan fingerprint density at radius 3 is 2.45 bits per heavy atom. The summed E-state index contributed by atoms with van der Waals surface area (Å²) in [6, 6.07) is 0.243. The van der Waals surface area contributed by atoms with Crippen LogP contribution in [-0.4, -0.2) is 45.5 Å². The van der Waals surface area contributed by atoms with Crippen LogP contribution in [-0.2, 0) is 0 Å². The topological polar surface area (TPSA) is 84.2 Å². The minimum Gasteiger partial charge on any atom is -0.352 e. The van der Waals surface area contributed by atoms with E-state index >= 15 is 0 Å². The summed E-state index contributed by atoms with van der Waals surface area (Å²) in [4.78, 5) is 20.3. The normalized spacial score (nSPS) is 12.4. The number of hydrogen-bond acceptors (Lipinski definition) is 6. The summed E-state index contributed by atoms with van der Waals surface area (Å²) in [7, 11) is 0. The van der Waals surface area contributed by atoms with E-state index in [1.807, 2.05) is 0 Å². The molecule has 1 unspecified atom stereocenters. The molecule has 0 aromatic carbocycles. The van der Waals surface area contributed by atoms with Crippen LogP contribution in [0.3, 0.4) is 0 Å². The Morgan fingerprint density at radius 2 is 1.95 bits per heavy atom. The van der Waals surface area contributed by atoms with Gasteiger partial charge in [0.25, 0.3) is 0 Å². The maximum Gasteiger partial charge on any atom is 0.305 e.